The van der Waals surface area contributed by atoms with Gasteiger partial charge in [0.2, 0.25) is 5.91 Å². The Kier molecular flexibility index (Phi) is 7.91. The van der Waals surface area contributed by atoms with E-state index >= 15 is 0 Å². The third-order valence-corrected chi connectivity index (χ3v) is 7.95. The molecule has 2 N–H and O–H groups in total. The standard InChI is InChI=1S/C33H34N4O6/c1-36-27-18-22(9-11-28(27)43-20-32(36)39)33(40)37-14-5-15-42-30-17-21(8-10-29(30)41-2)16-26-24(12-13-34-31(38)19-37)23-6-3-4-7-25(23)35-26/h3-4,6-11,17-18,35H,5,12-16,19-20H2,1-2H3,(H,34,38). The summed E-state index contributed by atoms with van der Waals surface area (Å²) in [6.45, 7) is 0.884. The van der Waals surface area contributed by atoms with E-state index in [4.69, 9.17) is 14.2 Å². The van der Waals surface area contributed by atoms with Crippen LogP contribution in [0.1, 0.15) is 33.6 Å². The zero-order valence-corrected chi connectivity index (χ0v) is 24.3. The maximum absolute atomic E-state index is 13.7. The van der Waals surface area contributed by atoms with E-state index in [9.17, 15) is 14.4 Å². The molecule has 3 heterocycles. The molecule has 10 heteroatoms. The lowest BCUT2D eigenvalue weighted by Crippen LogP contribution is -2.42. The fraction of sp³-hybridized carbons (Fsp3) is 0.303. The molecular weight excluding hydrogens is 548 g/mol. The number of methoxy groups -OCH3 is 1. The van der Waals surface area contributed by atoms with Crippen LogP contribution in [0, 0.1) is 0 Å². The van der Waals surface area contributed by atoms with E-state index in [1.807, 2.05) is 30.3 Å². The Morgan fingerprint density at radius 1 is 1.00 bits per heavy atom. The van der Waals surface area contributed by atoms with Crippen LogP contribution in [0.2, 0.25) is 0 Å². The number of rotatable bonds is 2. The Balaban J connectivity index is 1.28. The van der Waals surface area contributed by atoms with Gasteiger partial charge in [-0.15, -0.1) is 0 Å². The monoisotopic (exact) mass is 582 g/mol. The largest absolute Gasteiger partial charge is 0.493 e. The first-order chi connectivity index (χ1) is 20.9. The minimum absolute atomic E-state index is 0.0448. The highest BCUT2D eigenvalue weighted by molar-refractivity contribution is 6.01. The minimum Gasteiger partial charge on any atom is -0.493 e. The Morgan fingerprint density at radius 2 is 1.86 bits per heavy atom. The molecule has 0 aliphatic carbocycles. The van der Waals surface area contributed by atoms with Crippen LogP contribution in [-0.2, 0) is 22.4 Å². The van der Waals surface area contributed by atoms with Gasteiger partial charge in [0.25, 0.3) is 11.8 Å². The lowest BCUT2D eigenvalue weighted by Gasteiger charge is -2.27. The van der Waals surface area contributed by atoms with Crippen LogP contribution in [0.5, 0.6) is 17.2 Å². The van der Waals surface area contributed by atoms with Crippen molar-refractivity contribution in [3.63, 3.8) is 0 Å². The third-order valence-electron chi connectivity index (χ3n) is 7.95. The Hall–Kier alpha value is -4.99. The summed E-state index contributed by atoms with van der Waals surface area (Å²) < 4.78 is 17.2. The molecule has 0 atom stereocenters. The van der Waals surface area contributed by atoms with Gasteiger partial charge in [0, 0.05) is 48.7 Å². The van der Waals surface area contributed by atoms with Gasteiger partial charge in [0.05, 0.1) is 25.9 Å². The van der Waals surface area contributed by atoms with Gasteiger partial charge in [-0.1, -0.05) is 24.3 Å². The zero-order valence-electron chi connectivity index (χ0n) is 24.3. The van der Waals surface area contributed by atoms with Crippen molar-refractivity contribution in [3.05, 3.63) is 83.0 Å². The Bertz CT molecular complexity index is 1700. The van der Waals surface area contributed by atoms with Crippen LogP contribution in [0.15, 0.2) is 60.7 Å². The first kappa shape index (κ1) is 28.1. The van der Waals surface area contributed by atoms with E-state index in [0.717, 1.165) is 27.7 Å². The van der Waals surface area contributed by atoms with Gasteiger partial charge in [-0.2, -0.15) is 0 Å². The molecule has 2 aliphatic rings. The van der Waals surface area contributed by atoms with Crippen molar-refractivity contribution in [1.29, 1.82) is 0 Å². The Morgan fingerprint density at radius 3 is 2.72 bits per heavy atom. The summed E-state index contributed by atoms with van der Waals surface area (Å²) in [5.41, 5.74) is 5.22. The number of aromatic nitrogens is 1. The predicted molar refractivity (Wildman–Crippen MR) is 162 cm³/mol. The summed E-state index contributed by atoms with van der Waals surface area (Å²) in [6, 6.07) is 19.1. The summed E-state index contributed by atoms with van der Waals surface area (Å²) in [4.78, 5) is 45.6. The van der Waals surface area contributed by atoms with E-state index in [1.165, 1.54) is 9.80 Å². The third kappa shape index (κ3) is 5.86. The van der Waals surface area contributed by atoms with Crippen molar-refractivity contribution in [2.24, 2.45) is 0 Å². The van der Waals surface area contributed by atoms with Crippen LogP contribution in [0.4, 0.5) is 5.69 Å². The maximum Gasteiger partial charge on any atom is 0.264 e. The van der Waals surface area contributed by atoms with E-state index in [1.54, 1.807) is 32.4 Å². The fourth-order valence-electron chi connectivity index (χ4n) is 5.67. The SMILES string of the molecule is COc1ccc2cc1OCCCN(C(=O)c1ccc3c(c1)N(C)C(=O)CO3)CC(=O)NCCc1c([nH]c3ccccc13)C2. The molecule has 0 saturated carbocycles. The first-order valence-corrected chi connectivity index (χ1v) is 14.4. The number of nitrogens with zero attached hydrogens (tertiary/aromatic N) is 2. The molecular formula is C33H34N4O6. The van der Waals surface area contributed by atoms with Gasteiger partial charge in [-0.25, -0.2) is 0 Å². The number of anilines is 1. The van der Waals surface area contributed by atoms with Crippen LogP contribution in [-0.4, -0.2) is 74.6 Å². The molecule has 4 aromatic rings. The van der Waals surface area contributed by atoms with Crippen LogP contribution in [0.25, 0.3) is 10.9 Å². The molecule has 0 fully saturated rings. The highest BCUT2D eigenvalue weighted by Crippen LogP contribution is 2.33. The van der Waals surface area contributed by atoms with Crippen molar-refractivity contribution in [2.75, 3.05) is 51.9 Å². The Labute approximate surface area is 249 Å². The molecule has 6 rings (SSSR count). The lowest BCUT2D eigenvalue weighted by atomic mass is 10.0. The zero-order chi connectivity index (χ0) is 29.9. The molecule has 2 bridgehead atoms. The molecule has 0 unspecified atom stereocenters. The molecule has 222 valence electrons. The second kappa shape index (κ2) is 12.1. The molecule has 3 amide bonds. The highest BCUT2D eigenvalue weighted by atomic mass is 16.5. The van der Waals surface area contributed by atoms with Gasteiger partial charge in [-0.3, -0.25) is 14.4 Å². The molecule has 0 spiro atoms. The molecule has 43 heavy (non-hydrogen) atoms. The summed E-state index contributed by atoms with van der Waals surface area (Å²) in [5, 5.41) is 4.13. The van der Waals surface area contributed by atoms with E-state index in [2.05, 4.69) is 22.4 Å². The van der Waals surface area contributed by atoms with Crippen molar-refractivity contribution in [3.8, 4) is 17.2 Å². The number of aromatic amines is 1. The second-order valence-electron chi connectivity index (χ2n) is 10.7. The molecule has 10 nitrogen and oxygen atoms in total. The predicted octanol–water partition coefficient (Wildman–Crippen LogP) is 3.71. The van der Waals surface area contributed by atoms with Crippen molar-refractivity contribution >= 4 is 34.3 Å². The molecule has 0 radical (unpaired) electrons. The van der Waals surface area contributed by atoms with E-state index in [-0.39, 0.29) is 30.9 Å². The van der Waals surface area contributed by atoms with Gasteiger partial charge in [0.1, 0.15) is 5.75 Å². The number of carbonyl (C=O) groups excluding carboxylic acids is 3. The molecule has 2 aliphatic heterocycles. The molecule has 0 saturated heterocycles. The number of ether oxygens (including phenoxy) is 3. The number of fused-ring (bicyclic) bond motifs is 6. The first-order valence-electron chi connectivity index (χ1n) is 14.4. The minimum atomic E-state index is -0.316. The van der Waals surface area contributed by atoms with Gasteiger partial charge >= 0.3 is 0 Å². The topological polar surface area (TPSA) is 113 Å². The molecule has 1 aromatic heterocycles. The number of hydrogen-bond acceptors (Lipinski definition) is 6. The smallest absolute Gasteiger partial charge is 0.264 e. The van der Waals surface area contributed by atoms with Crippen molar-refractivity contribution in [1.82, 2.24) is 15.2 Å². The summed E-state index contributed by atoms with van der Waals surface area (Å²) in [6.07, 6.45) is 1.79. The van der Waals surface area contributed by atoms with Gasteiger partial charge in [-0.05, 0) is 60.4 Å². The highest BCUT2D eigenvalue weighted by Gasteiger charge is 2.26. The number of carbonyl (C=O) groups is 3. The van der Waals surface area contributed by atoms with Crippen LogP contribution >= 0.6 is 0 Å². The second-order valence-corrected chi connectivity index (χ2v) is 10.7. The fourth-order valence-corrected chi connectivity index (χ4v) is 5.67. The number of hydrogen-bond donors (Lipinski definition) is 2. The summed E-state index contributed by atoms with van der Waals surface area (Å²) in [5.74, 6) is 1.03. The van der Waals surface area contributed by atoms with E-state index < -0.39 is 0 Å². The maximum atomic E-state index is 13.7. The van der Waals surface area contributed by atoms with Crippen LogP contribution < -0.4 is 24.4 Å². The van der Waals surface area contributed by atoms with Gasteiger partial charge in [0.15, 0.2) is 18.1 Å². The summed E-state index contributed by atoms with van der Waals surface area (Å²) >= 11 is 0. The lowest BCUT2D eigenvalue weighted by molar-refractivity contribution is -0.122. The molecule has 3 aromatic carbocycles. The quantitative estimate of drug-likeness (QED) is 0.373. The average molecular weight is 583 g/mol. The number of nitrogens with one attached hydrogen (secondary N) is 2. The number of para-hydroxylation sites is 1. The number of amides is 3. The number of benzene rings is 3. The van der Waals surface area contributed by atoms with Gasteiger partial charge < -0.3 is 34.3 Å². The van der Waals surface area contributed by atoms with Crippen molar-refractivity contribution < 1.29 is 28.6 Å². The normalized spacial score (nSPS) is 16.0. The number of H-pyrrole nitrogens is 1. The average Bonchev–Trinajstić information content (AvgIpc) is 3.36. The number of likely N-dealkylation sites (N-methyl/N-ethyl adjacent to an activating group) is 1. The summed E-state index contributed by atoms with van der Waals surface area (Å²) in [7, 11) is 3.26. The van der Waals surface area contributed by atoms with E-state index in [0.29, 0.717) is 67.5 Å². The van der Waals surface area contributed by atoms with Crippen LogP contribution in [0.3, 0.4) is 0 Å². The van der Waals surface area contributed by atoms with Crippen molar-refractivity contribution in [2.45, 2.75) is 19.3 Å².